The van der Waals surface area contributed by atoms with Crippen LogP contribution in [0.15, 0.2) is 34.9 Å². The molecule has 1 aliphatic carbocycles. The molecule has 2 aromatic heterocycles. The Balaban J connectivity index is 1.75. The molecule has 4 rings (SSSR count). The molecule has 7 heteroatoms. The number of rotatable bonds is 8. The number of likely N-dealkylation sites (N-methyl/N-ethyl adjacent to an activating group) is 1. The molecule has 0 radical (unpaired) electrons. The van der Waals surface area contributed by atoms with Crippen LogP contribution in [0.4, 0.5) is 4.39 Å². The van der Waals surface area contributed by atoms with Crippen LogP contribution in [0.5, 0.6) is 0 Å². The minimum Gasteiger partial charge on any atom is -0.335 e. The lowest BCUT2D eigenvalue weighted by molar-refractivity contribution is 0.0733. The van der Waals surface area contributed by atoms with E-state index < -0.39 is 0 Å². The van der Waals surface area contributed by atoms with Gasteiger partial charge in [-0.1, -0.05) is 31.1 Å². The minimum atomic E-state index is -0.286. The van der Waals surface area contributed by atoms with Crippen LogP contribution in [0.25, 0.3) is 11.1 Å². The first-order chi connectivity index (χ1) is 14.8. The van der Waals surface area contributed by atoms with Gasteiger partial charge in [-0.3, -0.25) is 4.79 Å². The van der Waals surface area contributed by atoms with Crippen molar-refractivity contribution in [3.63, 3.8) is 0 Å². The number of carbonyl (C=O) groups is 1. The van der Waals surface area contributed by atoms with E-state index in [1.807, 2.05) is 43.8 Å². The number of aromatic nitrogens is 2. The molecule has 1 saturated carbocycles. The Hall–Kier alpha value is -2.80. The number of hydrogen-bond acceptors (Lipinski definition) is 5. The molecule has 31 heavy (non-hydrogen) atoms. The van der Waals surface area contributed by atoms with Crippen LogP contribution in [-0.4, -0.2) is 53.0 Å². The molecule has 2 heterocycles. The van der Waals surface area contributed by atoms with Crippen molar-refractivity contribution in [1.29, 1.82) is 0 Å². The van der Waals surface area contributed by atoms with Gasteiger partial charge in [0.25, 0.3) is 11.6 Å². The van der Waals surface area contributed by atoms with Gasteiger partial charge in [-0.05, 0) is 56.6 Å². The zero-order valence-electron chi connectivity index (χ0n) is 18.6. The van der Waals surface area contributed by atoms with Gasteiger partial charge in [0.1, 0.15) is 5.82 Å². The fourth-order valence-electron chi connectivity index (χ4n) is 3.70. The highest BCUT2D eigenvalue weighted by Crippen LogP contribution is 2.41. The molecule has 0 N–H and O–H groups in total. The molecular weight excluding hydrogens is 395 g/mol. The summed E-state index contributed by atoms with van der Waals surface area (Å²) >= 11 is 0. The van der Waals surface area contributed by atoms with E-state index in [9.17, 15) is 9.18 Å². The Morgan fingerprint density at radius 3 is 2.52 bits per heavy atom. The van der Waals surface area contributed by atoms with Gasteiger partial charge in [0.15, 0.2) is 0 Å². The molecule has 0 spiro atoms. The largest absolute Gasteiger partial charge is 0.335 e. The van der Waals surface area contributed by atoms with E-state index in [1.54, 1.807) is 12.1 Å². The molecule has 0 bridgehead atoms. The predicted octanol–water partition coefficient (Wildman–Crippen LogP) is 4.57. The van der Waals surface area contributed by atoms with Crippen molar-refractivity contribution in [2.24, 2.45) is 0 Å². The van der Waals surface area contributed by atoms with Gasteiger partial charge >= 0.3 is 0 Å². The van der Waals surface area contributed by atoms with E-state index in [0.717, 1.165) is 36.3 Å². The molecule has 164 valence electrons. The van der Waals surface area contributed by atoms with E-state index in [2.05, 4.69) is 10.1 Å². The average molecular weight is 425 g/mol. The lowest BCUT2D eigenvalue weighted by atomic mass is 10.0. The zero-order valence-corrected chi connectivity index (χ0v) is 18.6. The van der Waals surface area contributed by atoms with E-state index in [0.29, 0.717) is 35.7 Å². The molecule has 1 amide bonds. The van der Waals surface area contributed by atoms with Crippen molar-refractivity contribution >= 4 is 17.0 Å². The number of hydrogen-bond donors (Lipinski definition) is 0. The van der Waals surface area contributed by atoms with Gasteiger partial charge in [0, 0.05) is 31.2 Å². The first-order valence-electron chi connectivity index (χ1n) is 10.8. The van der Waals surface area contributed by atoms with E-state index in [1.165, 1.54) is 12.1 Å². The maximum Gasteiger partial charge on any atom is 0.259 e. The molecule has 1 aliphatic rings. The summed E-state index contributed by atoms with van der Waals surface area (Å²) in [6.07, 6.45) is 2.16. The maximum absolute atomic E-state index is 13.8. The normalized spacial score (nSPS) is 14.0. The van der Waals surface area contributed by atoms with Gasteiger partial charge in [-0.25, -0.2) is 9.37 Å². The van der Waals surface area contributed by atoms with Gasteiger partial charge < -0.3 is 14.3 Å². The maximum atomic E-state index is 13.8. The third-order valence-corrected chi connectivity index (χ3v) is 5.66. The van der Waals surface area contributed by atoms with Crippen LogP contribution in [0.3, 0.4) is 0 Å². The minimum absolute atomic E-state index is 0.0782. The molecule has 0 unspecified atom stereocenters. The highest BCUT2D eigenvalue weighted by Gasteiger charge is 2.31. The monoisotopic (exact) mass is 424 g/mol. The predicted molar refractivity (Wildman–Crippen MR) is 118 cm³/mol. The SMILES string of the molecule is CC(C)c1noc2nc(C3CC3)cc(C(=O)N(CCN(C)C)Cc3ccc(F)cc3)c12. The highest BCUT2D eigenvalue weighted by molar-refractivity contribution is 6.06. The Morgan fingerprint density at radius 2 is 1.90 bits per heavy atom. The summed E-state index contributed by atoms with van der Waals surface area (Å²) in [5, 5.41) is 4.93. The first kappa shape index (κ1) is 21.4. The number of benzene rings is 1. The molecule has 0 aliphatic heterocycles. The summed E-state index contributed by atoms with van der Waals surface area (Å²) < 4.78 is 18.9. The Labute approximate surface area is 182 Å². The van der Waals surface area contributed by atoms with Crippen molar-refractivity contribution in [1.82, 2.24) is 19.9 Å². The van der Waals surface area contributed by atoms with E-state index >= 15 is 0 Å². The summed E-state index contributed by atoms with van der Waals surface area (Å²) in [5.74, 6) is 0.126. The summed E-state index contributed by atoms with van der Waals surface area (Å²) in [6, 6.07) is 8.23. The summed E-state index contributed by atoms with van der Waals surface area (Å²) in [4.78, 5) is 22.4. The lowest BCUT2D eigenvalue weighted by Gasteiger charge is -2.25. The van der Waals surface area contributed by atoms with Crippen LogP contribution in [0.1, 0.15) is 65.8 Å². The molecule has 0 saturated heterocycles. The molecule has 0 atom stereocenters. The van der Waals surface area contributed by atoms with Crippen LogP contribution in [0.2, 0.25) is 0 Å². The van der Waals surface area contributed by atoms with Crippen LogP contribution in [-0.2, 0) is 6.54 Å². The second kappa shape index (κ2) is 8.75. The first-order valence-corrected chi connectivity index (χ1v) is 10.8. The topological polar surface area (TPSA) is 62.5 Å². The highest BCUT2D eigenvalue weighted by atomic mass is 19.1. The van der Waals surface area contributed by atoms with Crippen molar-refractivity contribution in [2.45, 2.75) is 45.1 Å². The molecule has 3 aromatic rings. The number of nitrogens with zero attached hydrogens (tertiary/aromatic N) is 4. The third kappa shape index (κ3) is 4.77. The summed E-state index contributed by atoms with van der Waals surface area (Å²) in [7, 11) is 3.96. The van der Waals surface area contributed by atoms with Crippen LogP contribution in [0, 0.1) is 5.82 Å². The quantitative estimate of drug-likeness (QED) is 0.530. The molecule has 1 aromatic carbocycles. The lowest BCUT2D eigenvalue weighted by Crippen LogP contribution is -2.36. The average Bonchev–Trinajstić information content (AvgIpc) is 3.49. The van der Waals surface area contributed by atoms with Crippen molar-refractivity contribution in [3.05, 3.63) is 58.7 Å². The van der Waals surface area contributed by atoms with Gasteiger partial charge in [0.05, 0.1) is 16.6 Å². The standard InChI is InChI=1S/C24H29FN4O2/c1-15(2)22-21-19(13-20(17-7-8-17)26-23(21)31-27-22)24(30)29(12-11-28(3)4)14-16-5-9-18(25)10-6-16/h5-6,9-10,13,15,17H,7-8,11-12,14H2,1-4H3. The second-order valence-electron chi connectivity index (χ2n) is 8.93. The fourth-order valence-corrected chi connectivity index (χ4v) is 3.70. The van der Waals surface area contributed by atoms with Crippen LogP contribution >= 0.6 is 0 Å². The number of pyridine rings is 1. The van der Waals surface area contributed by atoms with Crippen molar-refractivity contribution in [2.75, 3.05) is 27.2 Å². The molecule has 6 nitrogen and oxygen atoms in total. The van der Waals surface area contributed by atoms with Crippen molar-refractivity contribution in [3.8, 4) is 0 Å². The third-order valence-electron chi connectivity index (χ3n) is 5.66. The Bertz CT molecular complexity index is 1070. The van der Waals surface area contributed by atoms with Gasteiger partial charge in [0.2, 0.25) is 0 Å². The summed E-state index contributed by atoms with van der Waals surface area (Å²) in [6.45, 7) is 5.73. The number of amides is 1. The molecular formula is C24H29FN4O2. The van der Waals surface area contributed by atoms with Gasteiger partial charge in [-0.2, -0.15) is 0 Å². The number of carbonyl (C=O) groups excluding carboxylic acids is 1. The van der Waals surface area contributed by atoms with Crippen molar-refractivity contribution < 1.29 is 13.7 Å². The fraction of sp³-hybridized carbons (Fsp3) is 0.458. The second-order valence-corrected chi connectivity index (χ2v) is 8.93. The number of fused-ring (bicyclic) bond motifs is 1. The zero-order chi connectivity index (χ0) is 22.1. The van der Waals surface area contributed by atoms with E-state index in [4.69, 9.17) is 4.52 Å². The van der Waals surface area contributed by atoms with Crippen LogP contribution < -0.4 is 0 Å². The smallest absolute Gasteiger partial charge is 0.259 e. The van der Waals surface area contributed by atoms with E-state index in [-0.39, 0.29) is 17.6 Å². The number of halogens is 1. The Morgan fingerprint density at radius 1 is 1.19 bits per heavy atom. The molecule has 1 fully saturated rings. The summed E-state index contributed by atoms with van der Waals surface area (Å²) in [5.41, 5.74) is 3.57. The Kier molecular flexibility index (Phi) is 6.05. The van der Waals surface area contributed by atoms with Gasteiger partial charge in [-0.15, -0.1) is 0 Å².